The van der Waals surface area contributed by atoms with Crippen LogP contribution >= 0.6 is 0 Å². The molecule has 0 aliphatic carbocycles. The molecule has 0 spiro atoms. The molecule has 0 bridgehead atoms. The zero-order valence-corrected chi connectivity index (χ0v) is 14.8. The third kappa shape index (κ3) is 3.52. The quantitative estimate of drug-likeness (QED) is 0.898. The van der Waals surface area contributed by atoms with Gasteiger partial charge in [-0.25, -0.2) is 0 Å². The van der Waals surface area contributed by atoms with Crippen molar-refractivity contribution < 1.29 is 9.59 Å². The van der Waals surface area contributed by atoms with Crippen LogP contribution in [0.25, 0.3) is 10.8 Å². The third-order valence-electron chi connectivity index (χ3n) is 4.77. The number of benzene rings is 1. The van der Waals surface area contributed by atoms with Gasteiger partial charge in [0.25, 0.3) is 0 Å². The van der Waals surface area contributed by atoms with Gasteiger partial charge in [-0.15, -0.1) is 0 Å². The first-order valence-electron chi connectivity index (χ1n) is 8.97. The third-order valence-corrected chi connectivity index (χ3v) is 4.77. The highest BCUT2D eigenvalue weighted by atomic mass is 16.2. The van der Waals surface area contributed by atoms with Crippen molar-refractivity contribution in [1.82, 2.24) is 15.2 Å². The fourth-order valence-electron chi connectivity index (χ4n) is 3.48. The smallest absolute Gasteiger partial charge is 0.244 e. The minimum atomic E-state index is -0.801. The van der Waals surface area contributed by atoms with Gasteiger partial charge in [-0.1, -0.05) is 31.2 Å². The Bertz CT molecular complexity index is 853. The summed E-state index contributed by atoms with van der Waals surface area (Å²) in [4.78, 5) is 30.8. The van der Waals surface area contributed by atoms with E-state index in [4.69, 9.17) is 0 Å². The molecule has 6 heteroatoms. The van der Waals surface area contributed by atoms with Gasteiger partial charge in [0.1, 0.15) is 12.1 Å². The minimum absolute atomic E-state index is 0.00508. The molecule has 1 aromatic heterocycles. The summed E-state index contributed by atoms with van der Waals surface area (Å²) in [6.45, 7) is 2.55. The van der Waals surface area contributed by atoms with Crippen LogP contribution in [0.3, 0.4) is 0 Å². The molecule has 1 aromatic carbocycles. The largest absolute Gasteiger partial charge is 0.335 e. The van der Waals surface area contributed by atoms with Gasteiger partial charge in [0, 0.05) is 36.3 Å². The maximum atomic E-state index is 12.8. The van der Waals surface area contributed by atoms with Gasteiger partial charge in [-0.3, -0.25) is 14.6 Å². The van der Waals surface area contributed by atoms with Crippen molar-refractivity contribution in [1.29, 1.82) is 5.26 Å². The number of hydrogen-bond acceptors (Lipinski definition) is 4. The number of carbonyl (C=O) groups excluding carboxylic acids is 2. The molecule has 1 saturated heterocycles. The fourth-order valence-corrected chi connectivity index (χ4v) is 3.48. The number of hydrogen-bond donors (Lipinski definition) is 1. The van der Waals surface area contributed by atoms with E-state index in [0.717, 1.165) is 23.6 Å². The van der Waals surface area contributed by atoms with Gasteiger partial charge in [0.2, 0.25) is 11.8 Å². The van der Waals surface area contributed by atoms with Gasteiger partial charge in [-0.2, -0.15) is 5.26 Å². The van der Waals surface area contributed by atoms with Crippen LogP contribution in [0.2, 0.25) is 0 Å². The lowest BCUT2D eigenvalue weighted by molar-refractivity contribution is -0.138. The summed E-state index contributed by atoms with van der Waals surface area (Å²) in [5.74, 6) is -0.267. The number of aromatic nitrogens is 1. The Hall–Kier alpha value is -2.94. The number of fused-ring (bicyclic) bond motifs is 1. The Morgan fingerprint density at radius 3 is 2.96 bits per heavy atom. The monoisotopic (exact) mass is 350 g/mol. The van der Waals surface area contributed by atoms with Gasteiger partial charge < -0.3 is 10.2 Å². The number of nitrogens with one attached hydrogen (secondary N) is 1. The van der Waals surface area contributed by atoms with Crippen LogP contribution in [0.1, 0.15) is 44.2 Å². The maximum absolute atomic E-state index is 12.8. The zero-order chi connectivity index (χ0) is 18.5. The van der Waals surface area contributed by atoms with Crippen LogP contribution in [0.5, 0.6) is 0 Å². The molecule has 1 N–H and O–H groups in total. The van der Waals surface area contributed by atoms with E-state index < -0.39 is 12.1 Å². The van der Waals surface area contributed by atoms with Gasteiger partial charge in [-0.05, 0) is 24.6 Å². The molecule has 0 radical (unpaired) electrons. The van der Waals surface area contributed by atoms with Crippen molar-refractivity contribution >= 4 is 22.6 Å². The van der Waals surface area contributed by atoms with Crippen LogP contribution in [0.15, 0.2) is 36.7 Å². The summed E-state index contributed by atoms with van der Waals surface area (Å²) < 4.78 is 0. The molecule has 2 amide bonds. The first-order valence-corrected chi connectivity index (χ1v) is 8.97. The van der Waals surface area contributed by atoms with E-state index in [1.807, 2.05) is 31.2 Å². The SMILES string of the molecule is CCCC(=O)N1CCCC1C(=O)NC(C#N)c1cncc2ccccc12. The second-order valence-corrected chi connectivity index (χ2v) is 6.52. The molecule has 2 unspecified atom stereocenters. The Morgan fingerprint density at radius 1 is 1.38 bits per heavy atom. The van der Waals surface area contributed by atoms with Crippen LogP contribution < -0.4 is 5.32 Å². The number of rotatable bonds is 5. The van der Waals surface area contributed by atoms with Crippen molar-refractivity contribution in [3.63, 3.8) is 0 Å². The van der Waals surface area contributed by atoms with Crippen molar-refractivity contribution in [2.24, 2.45) is 0 Å². The predicted octanol–water partition coefficient (Wildman–Crippen LogP) is 2.71. The molecular formula is C20H22N4O2. The summed E-state index contributed by atoms with van der Waals surface area (Å²) >= 11 is 0. The van der Waals surface area contributed by atoms with Crippen LogP contribution in [-0.2, 0) is 9.59 Å². The molecule has 2 heterocycles. The van der Waals surface area contributed by atoms with E-state index in [-0.39, 0.29) is 11.8 Å². The number of pyridine rings is 1. The van der Waals surface area contributed by atoms with Gasteiger partial charge >= 0.3 is 0 Å². The average Bonchev–Trinajstić information content (AvgIpc) is 3.16. The molecule has 6 nitrogen and oxygen atoms in total. The maximum Gasteiger partial charge on any atom is 0.244 e. The zero-order valence-electron chi connectivity index (χ0n) is 14.8. The number of carbonyl (C=O) groups is 2. The van der Waals surface area contributed by atoms with E-state index >= 15 is 0 Å². The standard InChI is InChI=1S/C20H22N4O2/c1-2-6-19(25)24-10-5-9-18(24)20(26)23-17(11-21)16-13-22-12-14-7-3-4-8-15(14)16/h3-4,7-8,12-13,17-18H,2,5-6,9-10H2,1H3,(H,23,26). The second kappa shape index (κ2) is 7.96. The topological polar surface area (TPSA) is 86.1 Å². The van der Waals surface area contributed by atoms with Crippen LogP contribution in [-0.4, -0.2) is 34.3 Å². The summed E-state index contributed by atoms with van der Waals surface area (Å²) in [6.07, 6.45) is 5.99. The first-order chi connectivity index (χ1) is 12.7. The van der Waals surface area contributed by atoms with E-state index in [1.165, 1.54) is 0 Å². The fraction of sp³-hybridized carbons (Fsp3) is 0.400. The van der Waals surface area contributed by atoms with Crippen LogP contribution in [0.4, 0.5) is 0 Å². The summed E-state index contributed by atoms with van der Waals surface area (Å²) in [6, 6.07) is 8.50. The lowest BCUT2D eigenvalue weighted by Crippen LogP contribution is -2.46. The van der Waals surface area contributed by atoms with Crippen molar-refractivity contribution in [2.45, 2.75) is 44.7 Å². The highest BCUT2D eigenvalue weighted by Crippen LogP contribution is 2.24. The Kier molecular flexibility index (Phi) is 5.47. The molecule has 3 rings (SSSR count). The molecule has 1 aliphatic rings. The number of nitrogens with zero attached hydrogens (tertiary/aromatic N) is 3. The minimum Gasteiger partial charge on any atom is -0.335 e. The van der Waals surface area contributed by atoms with E-state index in [2.05, 4.69) is 16.4 Å². The molecule has 1 aliphatic heterocycles. The van der Waals surface area contributed by atoms with Crippen molar-refractivity contribution in [2.75, 3.05) is 6.54 Å². The Balaban J connectivity index is 1.81. The Labute approximate surface area is 152 Å². The summed E-state index contributed by atoms with van der Waals surface area (Å²) in [5.41, 5.74) is 0.670. The lowest BCUT2D eigenvalue weighted by Gasteiger charge is -2.25. The van der Waals surface area contributed by atoms with Gasteiger partial charge in [0.05, 0.1) is 6.07 Å². The van der Waals surface area contributed by atoms with Crippen molar-refractivity contribution in [3.05, 3.63) is 42.2 Å². The van der Waals surface area contributed by atoms with E-state index in [0.29, 0.717) is 24.9 Å². The van der Waals surface area contributed by atoms with Gasteiger partial charge in [0.15, 0.2) is 0 Å². The van der Waals surface area contributed by atoms with E-state index in [1.54, 1.807) is 17.3 Å². The molecular weight excluding hydrogens is 328 g/mol. The number of nitriles is 1. The molecule has 1 fully saturated rings. The predicted molar refractivity (Wildman–Crippen MR) is 97.9 cm³/mol. The molecule has 0 saturated carbocycles. The van der Waals surface area contributed by atoms with Crippen molar-refractivity contribution in [3.8, 4) is 6.07 Å². The normalized spacial score (nSPS) is 17.7. The second-order valence-electron chi connectivity index (χ2n) is 6.52. The first kappa shape index (κ1) is 17.9. The average molecular weight is 350 g/mol. The lowest BCUT2D eigenvalue weighted by atomic mass is 10.0. The molecule has 2 aromatic rings. The van der Waals surface area contributed by atoms with E-state index in [9.17, 15) is 14.9 Å². The summed E-state index contributed by atoms with van der Waals surface area (Å²) in [7, 11) is 0. The number of likely N-dealkylation sites (tertiary alicyclic amines) is 1. The Morgan fingerprint density at radius 2 is 2.19 bits per heavy atom. The highest BCUT2D eigenvalue weighted by Gasteiger charge is 2.34. The molecule has 2 atom stereocenters. The molecule has 26 heavy (non-hydrogen) atoms. The van der Waals surface area contributed by atoms with Crippen LogP contribution in [0, 0.1) is 11.3 Å². The molecule has 134 valence electrons. The highest BCUT2D eigenvalue weighted by molar-refractivity contribution is 5.90. The number of amides is 2. The summed E-state index contributed by atoms with van der Waals surface area (Å²) in [5, 5.41) is 14.2.